The zero-order valence-corrected chi connectivity index (χ0v) is 13.2. The number of rotatable bonds is 6. The number of hydrogen-bond donors (Lipinski definition) is 1. The topological polar surface area (TPSA) is 64.0 Å². The molecular formula is C11H18BrN3O2S. The van der Waals surface area contributed by atoms with Gasteiger partial charge >= 0.3 is 0 Å². The molecule has 0 aliphatic rings. The van der Waals surface area contributed by atoms with E-state index in [1.54, 1.807) is 12.5 Å². The molecule has 18 heavy (non-hydrogen) atoms. The first-order chi connectivity index (χ1) is 8.47. The molecule has 2 unspecified atom stereocenters. The van der Waals surface area contributed by atoms with Crippen molar-refractivity contribution in [2.75, 3.05) is 18.1 Å². The number of hydrogen-bond acceptors (Lipinski definition) is 4. The largest absolute Gasteiger partial charge is 0.383 e. The van der Waals surface area contributed by atoms with E-state index < -0.39 is 10.8 Å². The van der Waals surface area contributed by atoms with Crippen molar-refractivity contribution in [3.63, 3.8) is 0 Å². The molecule has 0 saturated carbocycles. The summed E-state index contributed by atoms with van der Waals surface area (Å²) in [4.78, 5) is 11.8. The van der Waals surface area contributed by atoms with Crippen molar-refractivity contribution in [2.45, 2.75) is 32.1 Å². The summed E-state index contributed by atoms with van der Waals surface area (Å²) in [7, 11) is -0.816. The average molecular weight is 336 g/mol. The molecule has 0 amide bonds. The first kappa shape index (κ1) is 15.4. The Morgan fingerprint density at radius 3 is 2.83 bits per heavy atom. The van der Waals surface area contributed by atoms with Gasteiger partial charge in [0.05, 0.1) is 11.9 Å². The van der Waals surface area contributed by atoms with E-state index in [9.17, 15) is 9.00 Å². The molecule has 1 N–H and O–H groups in total. The maximum absolute atomic E-state index is 11.8. The molecule has 0 aromatic carbocycles. The van der Waals surface area contributed by atoms with Crippen LogP contribution in [0.1, 0.15) is 20.3 Å². The maximum Gasteiger partial charge on any atom is 0.283 e. The highest BCUT2D eigenvalue weighted by Crippen LogP contribution is 2.16. The molecule has 2 atom stereocenters. The van der Waals surface area contributed by atoms with E-state index in [-0.39, 0.29) is 10.8 Å². The molecule has 1 rings (SSSR count). The van der Waals surface area contributed by atoms with Gasteiger partial charge in [-0.15, -0.1) is 0 Å². The van der Waals surface area contributed by atoms with Gasteiger partial charge in [0, 0.05) is 35.4 Å². The average Bonchev–Trinajstić information content (AvgIpc) is 2.34. The fourth-order valence-corrected chi connectivity index (χ4v) is 2.29. The van der Waals surface area contributed by atoms with E-state index in [1.165, 1.54) is 4.68 Å². The van der Waals surface area contributed by atoms with Gasteiger partial charge in [-0.05, 0) is 29.3 Å². The molecular weight excluding hydrogens is 318 g/mol. The minimum absolute atomic E-state index is 0.139. The number of anilines is 1. The van der Waals surface area contributed by atoms with Crippen LogP contribution in [0.5, 0.6) is 0 Å². The van der Waals surface area contributed by atoms with Gasteiger partial charge in [0.15, 0.2) is 0 Å². The molecule has 7 heteroatoms. The quantitative estimate of drug-likeness (QED) is 0.857. The SMILES string of the molecule is CCn1ncc(NCCC(C)S(C)=O)c(Br)c1=O. The molecule has 5 nitrogen and oxygen atoms in total. The highest BCUT2D eigenvalue weighted by Gasteiger charge is 2.09. The number of aryl methyl sites for hydroxylation is 1. The van der Waals surface area contributed by atoms with Gasteiger partial charge in [-0.3, -0.25) is 9.00 Å². The van der Waals surface area contributed by atoms with Crippen LogP contribution in [0, 0.1) is 0 Å². The van der Waals surface area contributed by atoms with Crippen molar-refractivity contribution in [3.8, 4) is 0 Å². The van der Waals surface area contributed by atoms with E-state index in [4.69, 9.17) is 0 Å². The van der Waals surface area contributed by atoms with Gasteiger partial charge in [0.2, 0.25) is 0 Å². The summed E-state index contributed by atoms with van der Waals surface area (Å²) in [5.74, 6) is 0. The van der Waals surface area contributed by atoms with Gasteiger partial charge in [-0.2, -0.15) is 5.10 Å². The number of aromatic nitrogens is 2. The zero-order valence-electron chi connectivity index (χ0n) is 10.8. The molecule has 1 aromatic rings. The lowest BCUT2D eigenvalue weighted by Crippen LogP contribution is -2.24. The van der Waals surface area contributed by atoms with Gasteiger partial charge in [0.25, 0.3) is 5.56 Å². The number of nitrogens with zero attached hydrogens (tertiary/aromatic N) is 2. The van der Waals surface area contributed by atoms with Crippen LogP contribution in [-0.4, -0.2) is 32.0 Å². The van der Waals surface area contributed by atoms with E-state index in [0.29, 0.717) is 23.2 Å². The summed E-state index contributed by atoms with van der Waals surface area (Å²) in [6.45, 7) is 5.02. The predicted octanol–water partition coefficient (Wildman–Crippen LogP) is 1.59. The molecule has 0 aliphatic carbocycles. The molecule has 0 fully saturated rings. The third-order valence-electron chi connectivity index (χ3n) is 2.72. The third kappa shape index (κ3) is 3.91. The summed E-state index contributed by atoms with van der Waals surface area (Å²) in [5, 5.41) is 7.31. The highest BCUT2D eigenvalue weighted by molar-refractivity contribution is 9.10. The predicted molar refractivity (Wildman–Crippen MR) is 78.5 cm³/mol. The van der Waals surface area contributed by atoms with Gasteiger partial charge in [-0.25, -0.2) is 4.68 Å². The summed E-state index contributed by atoms with van der Waals surface area (Å²) in [5.41, 5.74) is 0.536. The lowest BCUT2D eigenvalue weighted by molar-refractivity contribution is 0.612. The Morgan fingerprint density at radius 2 is 2.28 bits per heavy atom. The van der Waals surface area contributed by atoms with Crippen LogP contribution in [-0.2, 0) is 17.3 Å². The summed E-state index contributed by atoms with van der Waals surface area (Å²) in [6, 6.07) is 0. The van der Waals surface area contributed by atoms with Crippen LogP contribution >= 0.6 is 15.9 Å². The lowest BCUT2D eigenvalue weighted by Gasteiger charge is -2.11. The highest BCUT2D eigenvalue weighted by atomic mass is 79.9. The van der Waals surface area contributed by atoms with Crippen LogP contribution in [0.2, 0.25) is 0 Å². The minimum atomic E-state index is -0.816. The van der Waals surface area contributed by atoms with E-state index >= 15 is 0 Å². The van der Waals surface area contributed by atoms with E-state index in [0.717, 1.165) is 6.42 Å². The normalized spacial score (nSPS) is 14.2. The summed E-state index contributed by atoms with van der Waals surface area (Å²) in [6.07, 6.45) is 4.11. The van der Waals surface area contributed by atoms with Crippen molar-refractivity contribution in [1.82, 2.24) is 9.78 Å². The van der Waals surface area contributed by atoms with Gasteiger partial charge < -0.3 is 5.32 Å². The van der Waals surface area contributed by atoms with Crippen LogP contribution in [0.4, 0.5) is 5.69 Å². The fraction of sp³-hybridized carbons (Fsp3) is 0.636. The summed E-state index contributed by atoms with van der Waals surface area (Å²) < 4.78 is 13.1. The van der Waals surface area contributed by atoms with Crippen molar-refractivity contribution < 1.29 is 4.21 Å². The molecule has 0 spiro atoms. The Hall–Kier alpha value is -0.690. The van der Waals surface area contributed by atoms with Crippen molar-refractivity contribution in [1.29, 1.82) is 0 Å². The van der Waals surface area contributed by atoms with Crippen LogP contribution in [0.3, 0.4) is 0 Å². The number of halogens is 1. The standard InChI is InChI=1S/C11H18BrN3O2S/c1-4-15-11(16)10(12)9(7-14-15)13-6-5-8(2)18(3)17/h7-8,13H,4-6H2,1-3H3. The van der Waals surface area contributed by atoms with Gasteiger partial charge in [-0.1, -0.05) is 6.92 Å². The van der Waals surface area contributed by atoms with E-state index in [2.05, 4.69) is 26.3 Å². The minimum Gasteiger partial charge on any atom is -0.383 e. The lowest BCUT2D eigenvalue weighted by atomic mass is 10.3. The Kier molecular flexibility index (Phi) is 6.01. The molecule has 102 valence electrons. The van der Waals surface area contributed by atoms with E-state index in [1.807, 2.05) is 13.8 Å². The molecule has 1 heterocycles. The van der Waals surface area contributed by atoms with Crippen LogP contribution < -0.4 is 10.9 Å². The Morgan fingerprint density at radius 1 is 1.61 bits per heavy atom. The third-order valence-corrected chi connectivity index (χ3v) is 4.85. The maximum atomic E-state index is 11.8. The smallest absolute Gasteiger partial charge is 0.283 e. The molecule has 0 saturated heterocycles. The second-order valence-corrected chi connectivity index (χ2v) is 6.61. The van der Waals surface area contributed by atoms with Gasteiger partial charge in [0.1, 0.15) is 4.47 Å². The molecule has 0 radical (unpaired) electrons. The second kappa shape index (κ2) is 7.04. The monoisotopic (exact) mass is 335 g/mol. The number of nitrogens with one attached hydrogen (secondary N) is 1. The Balaban J connectivity index is 2.67. The molecule has 0 aliphatic heterocycles. The van der Waals surface area contributed by atoms with Crippen molar-refractivity contribution in [3.05, 3.63) is 21.0 Å². The second-order valence-electron chi connectivity index (χ2n) is 4.02. The zero-order chi connectivity index (χ0) is 13.7. The summed E-state index contributed by atoms with van der Waals surface area (Å²) >= 11 is 3.27. The van der Waals surface area contributed by atoms with Crippen molar-refractivity contribution in [2.24, 2.45) is 0 Å². The van der Waals surface area contributed by atoms with Crippen molar-refractivity contribution >= 4 is 32.4 Å². The Labute approximate surface area is 118 Å². The molecule has 0 bridgehead atoms. The fourth-order valence-electron chi connectivity index (χ4n) is 1.39. The van der Waals surface area contributed by atoms with Crippen LogP contribution in [0.15, 0.2) is 15.5 Å². The van der Waals surface area contributed by atoms with Crippen LogP contribution in [0.25, 0.3) is 0 Å². The Bertz CT molecular complexity index is 490. The molecule has 1 aromatic heterocycles. The first-order valence-electron chi connectivity index (χ1n) is 5.79. The first-order valence-corrected chi connectivity index (χ1v) is 8.20.